The van der Waals surface area contributed by atoms with Gasteiger partial charge in [0.1, 0.15) is 0 Å². The topological polar surface area (TPSA) is 60.0 Å². The number of piperazine rings is 1. The highest BCUT2D eigenvalue weighted by Crippen LogP contribution is 2.43. The van der Waals surface area contributed by atoms with Crippen LogP contribution in [0.4, 0.5) is 0 Å². The second-order valence-electron chi connectivity index (χ2n) is 12.0. The Morgan fingerprint density at radius 3 is 2.46 bits per heavy atom. The van der Waals surface area contributed by atoms with Crippen molar-refractivity contribution in [1.82, 2.24) is 24.6 Å². The minimum atomic E-state index is 0.120. The molecule has 4 saturated heterocycles. The summed E-state index contributed by atoms with van der Waals surface area (Å²) in [5.74, 6) is 1.47. The number of piperidine rings is 3. The number of nitrogens with zero attached hydrogens (tertiary/aromatic N) is 5. The summed E-state index contributed by atoms with van der Waals surface area (Å²) in [4.78, 5) is 40.6. The van der Waals surface area contributed by atoms with Gasteiger partial charge in [0.05, 0.1) is 5.56 Å². The van der Waals surface area contributed by atoms with Crippen LogP contribution in [0, 0.1) is 11.8 Å². The zero-order valence-corrected chi connectivity index (χ0v) is 23.2. The third kappa shape index (κ3) is 5.90. The molecule has 0 spiro atoms. The first-order valence-electron chi connectivity index (χ1n) is 15.2. The maximum Gasteiger partial charge on any atom is 0.255 e. The molecule has 0 aliphatic carbocycles. The molecule has 1 aromatic heterocycles. The van der Waals surface area contributed by atoms with Crippen LogP contribution in [-0.2, 0) is 11.3 Å². The summed E-state index contributed by atoms with van der Waals surface area (Å²) in [6, 6.07) is 15.1. The van der Waals surface area contributed by atoms with Crippen LogP contribution < -0.4 is 0 Å². The van der Waals surface area contributed by atoms with E-state index in [0.717, 1.165) is 52.1 Å². The van der Waals surface area contributed by atoms with Crippen LogP contribution in [0.25, 0.3) is 0 Å². The van der Waals surface area contributed by atoms with Gasteiger partial charge < -0.3 is 9.80 Å². The maximum absolute atomic E-state index is 13.7. The number of benzene rings is 1. The highest BCUT2D eigenvalue weighted by molar-refractivity contribution is 5.94. The van der Waals surface area contributed by atoms with Gasteiger partial charge in [0.15, 0.2) is 0 Å². The molecule has 208 valence electrons. The number of rotatable bonds is 7. The van der Waals surface area contributed by atoms with Gasteiger partial charge in [-0.2, -0.15) is 0 Å². The summed E-state index contributed by atoms with van der Waals surface area (Å²) in [7, 11) is 0. The van der Waals surface area contributed by atoms with E-state index in [1.54, 1.807) is 12.4 Å². The molecule has 2 aromatic rings. The zero-order valence-electron chi connectivity index (χ0n) is 23.2. The zero-order chi connectivity index (χ0) is 26.6. The molecular weight excluding hydrogens is 486 g/mol. The number of hydrogen-bond acceptors (Lipinski definition) is 5. The number of aromatic nitrogens is 1. The fourth-order valence-corrected chi connectivity index (χ4v) is 7.87. The Bertz CT molecular complexity index is 1100. The van der Waals surface area contributed by atoms with Crippen molar-refractivity contribution in [2.24, 2.45) is 11.8 Å². The molecule has 1 aromatic carbocycles. The minimum Gasteiger partial charge on any atom is -0.340 e. The Morgan fingerprint density at radius 1 is 0.897 bits per heavy atom. The predicted octanol–water partition coefficient (Wildman–Crippen LogP) is 3.91. The largest absolute Gasteiger partial charge is 0.340 e. The molecule has 0 radical (unpaired) electrons. The van der Waals surface area contributed by atoms with Gasteiger partial charge in [-0.25, -0.2) is 0 Å². The average molecular weight is 530 g/mol. The van der Waals surface area contributed by atoms with E-state index >= 15 is 0 Å². The SMILES string of the molecule is O=C(CCC[C@@H]1[C@H]2CCCN3CCC[C@@H](CN1C(=O)c1cccnc1)[C@@H]23)N1CCN(Cc2ccccc2)CC1. The van der Waals surface area contributed by atoms with Crippen molar-refractivity contribution in [2.45, 2.75) is 63.6 Å². The van der Waals surface area contributed by atoms with E-state index in [2.05, 4.69) is 54.9 Å². The Labute approximate surface area is 233 Å². The van der Waals surface area contributed by atoms with Crippen LogP contribution in [0.3, 0.4) is 0 Å². The number of pyridine rings is 1. The lowest BCUT2D eigenvalue weighted by Gasteiger charge is -2.57. The van der Waals surface area contributed by atoms with Gasteiger partial charge in [0, 0.05) is 70.2 Å². The summed E-state index contributed by atoms with van der Waals surface area (Å²) in [5.41, 5.74) is 2.02. The van der Waals surface area contributed by atoms with Gasteiger partial charge in [0.25, 0.3) is 5.91 Å². The van der Waals surface area contributed by atoms with Crippen LogP contribution in [0.2, 0.25) is 0 Å². The Morgan fingerprint density at radius 2 is 1.69 bits per heavy atom. The molecule has 4 fully saturated rings. The van der Waals surface area contributed by atoms with Crippen molar-refractivity contribution < 1.29 is 9.59 Å². The summed E-state index contributed by atoms with van der Waals surface area (Å²) in [5, 5.41) is 0. The average Bonchev–Trinajstić information content (AvgIpc) is 2.99. The maximum atomic E-state index is 13.7. The molecule has 0 bridgehead atoms. The second-order valence-corrected chi connectivity index (χ2v) is 12.0. The van der Waals surface area contributed by atoms with Crippen LogP contribution in [-0.4, -0.2) is 94.3 Å². The molecule has 2 amide bonds. The molecule has 7 nitrogen and oxygen atoms in total. The lowest BCUT2D eigenvalue weighted by molar-refractivity contribution is -0.133. The number of carbonyl (C=O) groups excluding carboxylic acids is 2. The second kappa shape index (κ2) is 12.2. The molecule has 0 N–H and O–H groups in total. The van der Waals surface area contributed by atoms with Crippen molar-refractivity contribution in [3.8, 4) is 0 Å². The van der Waals surface area contributed by atoms with Crippen LogP contribution in [0.15, 0.2) is 54.9 Å². The summed E-state index contributed by atoms with van der Waals surface area (Å²) < 4.78 is 0. The van der Waals surface area contributed by atoms with E-state index in [1.165, 1.54) is 44.3 Å². The first-order valence-corrected chi connectivity index (χ1v) is 15.2. The van der Waals surface area contributed by atoms with Gasteiger partial charge in [-0.15, -0.1) is 0 Å². The van der Waals surface area contributed by atoms with Crippen molar-refractivity contribution in [2.75, 3.05) is 45.8 Å². The van der Waals surface area contributed by atoms with Crippen molar-refractivity contribution in [1.29, 1.82) is 0 Å². The van der Waals surface area contributed by atoms with Crippen molar-refractivity contribution in [3.63, 3.8) is 0 Å². The predicted molar refractivity (Wildman–Crippen MR) is 152 cm³/mol. The fraction of sp³-hybridized carbons (Fsp3) is 0.594. The normalized spacial score (nSPS) is 27.7. The summed E-state index contributed by atoms with van der Waals surface area (Å²) in [6.07, 6.45) is 10.6. The molecule has 4 atom stereocenters. The lowest BCUT2D eigenvalue weighted by Crippen LogP contribution is -2.65. The molecule has 4 aliphatic rings. The Balaban J connectivity index is 1.07. The lowest BCUT2D eigenvalue weighted by atomic mass is 9.69. The smallest absolute Gasteiger partial charge is 0.255 e. The highest BCUT2D eigenvalue weighted by Gasteiger charge is 2.49. The summed E-state index contributed by atoms with van der Waals surface area (Å²) in [6.45, 7) is 7.67. The van der Waals surface area contributed by atoms with Crippen molar-refractivity contribution in [3.05, 3.63) is 66.0 Å². The van der Waals surface area contributed by atoms with E-state index in [4.69, 9.17) is 0 Å². The van der Waals surface area contributed by atoms with E-state index in [9.17, 15) is 9.59 Å². The quantitative estimate of drug-likeness (QED) is 0.544. The van der Waals surface area contributed by atoms with E-state index in [-0.39, 0.29) is 17.9 Å². The number of likely N-dealkylation sites (tertiary alicyclic amines) is 1. The molecule has 5 heterocycles. The standard InChI is InChI=1S/C32H43N5O2/c38-30(35-20-18-34(19-21-35)23-25-8-2-1-3-9-25)14-4-13-29-28-12-7-17-36-16-6-11-27(31(28)36)24-37(29)32(39)26-10-5-15-33-22-26/h1-3,5,8-10,15,22,27-29,31H,4,6-7,11-14,16-21,23-24H2/t27-,28+,29+,31-/m0/s1. The summed E-state index contributed by atoms with van der Waals surface area (Å²) >= 11 is 0. The van der Waals surface area contributed by atoms with E-state index < -0.39 is 0 Å². The number of hydrogen-bond donors (Lipinski definition) is 0. The molecular formula is C32H43N5O2. The van der Waals surface area contributed by atoms with Crippen molar-refractivity contribution >= 4 is 11.8 Å². The first-order chi connectivity index (χ1) is 19.2. The van der Waals surface area contributed by atoms with E-state index in [1.807, 2.05) is 12.1 Å². The van der Waals surface area contributed by atoms with Gasteiger partial charge in [-0.05, 0) is 81.1 Å². The third-order valence-electron chi connectivity index (χ3n) is 9.71. The number of amides is 2. The van der Waals surface area contributed by atoms with Gasteiger partial charge >= 0.3 is 0 Å². The minimum absolute atomic E-state index is 0.120. The monoisotopic (exact) mass is 529 g/mol. The highest BCUT2D eigenvalue weighted by atomic mass is 16.2. The molecule has 4 aliphatic heterocycles. The van der Waals surface area contributed by atoms with Crippen LogP contribution in [0.1, 0.15) is 60.9 Å². The Hall–Kier alpha value is -2.77. The van der Waals surface area contributed by atoms with Gasteiger partial charge in [-0.1, -0.05) is 30.3 Å². The third-order valence-corrected chi connectivity index (χ3v) is 9.71. The molecule has 0 unspecified atom stereocenters. The fourth-order valence-electron chi connectivity index (χ4n) is 7.87. The first kappa shape index (κ1) is 26.5. The van der Waals surface area contributed by atoms with Crippen LogP contribution >= 0.6 is 0 Å². The van der Waals surface area contributed by atoms with Crippen LogP contribution in [0.5, 0.6) is 0 Å². The molecule has 7 heteroatoms. The molecule has 0 saturated carbocycles. The Kier molecular flexibility index (Phi) is 8.26. The van der Waals surface area contributed by atoms with Gasteiger partial charge in [-0.3, -0.25) is 24.4 Å². The molecule has 39 heavy (non-hydrogen) atoms. The molecule has 6 rings (SSSR count). The van der Waals surface area contributed by atoms with Gasteiger partial charge in [0.2, 0.25) is 5.91 Å². The number of carbonyl (C=O) groups is 2. The van der Waals surface area contributed by atoms with E-state index in [0.29, 0.717) is 29.9 Å².